The Morgan fingerprint density at radius 3 is 2.96 bits per heavy atom. The Hall–Kier alpha value is -2.40. The first-order valence-electron chi connectivity index (χ1n) is 8.26. The van der Waals surface area contributed by atoms with E-state index in [1.54, 1.807) is 19.4 Å². The fourth-order valence-corrected chi connectivity index (χ4v) is 2.76. The molecule has 0 spiro atoms. The number of pyridine rings is 1. The van der Waals surface area contributed by atoms with Crippen molar-refractivity contribution in [2.75, 3.05) is 20.3 Å². The third-order valence-electron chi connectivity index (χ3n) is 4.16. The number of methoxy groups -OCH3 is 1. The number of aromatic nitrogens is 1. The molecule has 1 atom stereocenters. The van der Waals surface area contributed by atoms with Crippen molar-refractivity contribution in [1.29, 1.82) is 0 Å². The maximum atomic E-state index is 12.2. The van der Waals surface area contributed by atoms with Crippen LogP contribution in [0, 0.1) is 0 Å². The molecule has 126 valence electrons. The lowest BCUT2D eigenvalue weighted by Gasteiger charge is -2.22. The number of amides is 1. The lowest BCUT2D eigenvalue weighted by atomic mass is 10.1. The molecule has 5 nitrogen and oxygen atoms in total. The fraction of sp³-hybridized carbons (Fsp3) is 0.368. The van der Waals surface area contributed by atoms with Crippen molar-refractivity contribution in [2.24, 2.45) is 0 Å². The minimum Gasteiger partial charge on any atom is -0.497 e. The van der Waals surface area contributed by atoms with Crippen LogP contribution in [0.15, 0.2) is 42.6 Å². The molecule has 1 unspecified atom stereocenters. The Bertz CT molecular complexity index is 679. The van der Waals surface area contributed by atoms with Gasteiger partial charge in [0.25, 0.3) is 5.91 Å². The van der Waals surface area contributed by atoms with Crippen LogP contribution in [0.25, 0.3) is 11.3 Å². The van der Waals surface area contributed by atoms with Gasteiger partial charge < -0.3 is 14.8 Å². The second kappa shape index (κ2) is 7.93. The van der Waals surface area contributed by atoms with Gasteiger partial charge in [-0.2, -0.15) is 0 Å². The third-order valence-corrected chi connectivity index (χ3v) is 4.16. The molecule has 24 heavy (non-hydrogen) atoms. The third kappa shape index (κ3) is 4.11. The lowest BCUT2D eigenvalue weighted by Crippen LogP contribution is -2.35. The van der Waals surface area contributed by atoms with Crippen LogP contribution in [0.3, 0.4) is 0 Å². The van der Waals surface area contributed by atoms with E-state index >= 15 is 0 Å². The molecule has 1 amide bonds. The van der Waals surface area contributed by atoms with Gasteiger partial charge in [-0.25, -0.2) is 0 Å². The van der Waals surface area contributed by atoms with Crippen molar-refractivity contribution in [3.63, 3.8) is 0 Å². The van der Waals surface area contributed by atoms with Crippen LogP contribution in [-0.4, -0.2) is 37.3 Å². The molecule has 1 N–H and O–H groups in total. The first kappa shape index (κ1) is 16.5. The summed E-state index contributed by atoms with van der Waals surface area (Å²) in [4.78, 5) is 16.6. The van der Waals surface area contributed by atoms with Crippen molar-refractivity contribution in [2.45, 2.75) is 25.4 Å². The maximum absolute atomic E-state index is 12.2. The number of hydrogen-bond acceptors (Lipinski definition) is 4. The summed E-state index contributed by atoms with van der Waals surface area (Å²) < 4.78 is 10.8. The van der Waals surface area contributed by atoms with Crippen LogP contribution >= 0.6 is 0 Å². The monoisotopic (exact) mass is 326 g/mol. The summed E-state index contributed by atoms with van der Waals surface area (Å²) in [6, 6.07) is 11.3. The highest BCUT2D eigenvalue weighted by Gasteiger charge is 2.15. The Kier molecular flexibility index (Phi) is 5.43. The van der Waals surface area contributed by atoms with Crippen LogP contribution in [0.1, 0.15) is 29.6 Å². The standard InChI is InChI=1S/C19H22N2O3/c1-23-16-7-4-5-14(11-16)18-9-8-15(12-20-18)19(22)21-13-17-6-2-3-10-24-17/h4-5,7-9,11-12,17H,2-3,6,10,13H2,1H3,(H,21,22). The predicted octanol–water partition coefficient (Wildman–Crippen LogP) is 3.06. The van der Waals surface area contributed by atoms with E-state index in [1.807, 2.05) is 30.3 Å². The van der Waals surface area contributed by atoms with E-state index in [1.165, 1.54) is 0 Å². The molecule has 0 radical (unpaired) electrons. The summed E-state index contributed by atoms with van der Waals surface area (Å²) >= 11 is 0. The van der Waals surface area contributed by atoms with E-state index < -0.39 is 0 Å². The summed E-state index contributed by atoms with van der Waals surface area (Å²) in [6.45, 7) is 1.34. The second-order valence-corrected chi connectivity index (χ2v) is 5.86. The maximum Gasteiger partial charge on any atom is 0.252 e. The molecule has 1 saturated heterocycles. The number of carbonyl (C=O) groups excluding carboxylic acids is 1. The Balaban J connectivity index is 1.61. The SMILES string of the molecule is COc1cccc(-c2ccc(C(=O)NCC3CCCCO3)cn2)c1. The molecule has 1 aromatic heterocycles. The number of nitrogens with one attached hydrogen (secondary N) is 1. The Morgan fingerprint density at radius 2 is 2.25 bits per heavy atom. The average Bonchev–Trinajstić information content (AvgIpc) is 2.67. The number of benzene rings is 1. The molecule has 2 aromatic rings. The second-order valence-electron chi connectivity index (χ2n) is 5.86. The van der Waals surface area contributed by atoms with Gasteiger partial charge in [-0.1, -0.05) is 12.1 Å². The van der Waals surface area contributed by atoms with Gasteiger partial charge in [-0.3, -0.25) is 9.78 Å². The number of carbonyl (C=O) groups is 1. The normalized spacial score (nSPS) is 17.3. The van der Waals surface area contributed by atoms with Gasteiger partial charge in [-0.05, 0) is 43.5 Å². The largest absolute Gasteiger partial charge is 0.497 e. The topological polar surface area (TPSA) is 60.5 Å². The van der Waals surface area contributed by atoms with E-state index in [0.29, 0.717) is 12.1 Å². The van der Waals surface area contributed by atoms with Gasteiger partial charge in [-0.15, -0.1) is 0 Å². The minimum absolute atomic E-state index is 0.117. The van der Waals surface area contributed by atoms with Gasteiger partial charge in [0.2, 0.25) is 0 Å². The molecule has 0 saturated carbocycles. The highest BCUT2D eigenvalue weighted by molar-refractivity contribution is 5.94. The number of nitrogens with zero attached hydrogens (tertiary/aromatic N) is 1. The van der Waals surface area contributed by atoms with E-state index in [4.69, 9.17) is 9.47 Å². The molecule has 1 aromatic carbocycles. The summed E-state index contributed by atoms with van der Waals surface area (Å²) in [7, 11) is 1.63. The molecule has 1 fully saturated rings. The van der Waals surface area contributed by atoms with Crippen LogP contribution in [0.2, 0.25) is 0 Å². The fourth-order valence-electron chi connectivity index (χ4n) is 2.76. The highest BCUT2D eigenvalue weighted by Crippen LogP contribution is 2.22. The van der Waals surface area contributed by atoms with Gasteiger partial charge in [0, 0.05) is 24.9 Å². The van der Waals surface area contributed by atoms with Crippen LogP contribution in [0.4, 0.5) is 0 Å². The first-order valence-corrected chi connectivity index (χ1v) is 8.26. The predicted molar refractivity (Wildman–Crippen MR) is 92.1 cm³/mol. The van der Waals surface area contributed by atoms with E-state index in [0.717, 1.165) is 42.9 Å². The summed E-state index contributed by atoms with van der Waals surface area (Å²) in [6.07, 6.45) is 5.02. The smallest absolute Gasteiger partial charge is 0.252 e. The van der Waals surface area contributed by atoms with Gasteiger partial charge in [0.05, 0.1) is 24.5 Å². The van der Waals surface area contributed by atoms with Crippen molar-refractivity contribution >= 4 is 5.91 Å². The Labute approximate surface area is 142 Å². The van der Waals surface area contributed by atoms with Crippen molar-refractivity contribution in [3.05, 3.63) is 48.2 Å². The molecule has 5 heteroatoms. The molecule has 0 bridgehead atoms. The quantitative estimate of drug-likeness (QED) is 0.917. The first-order chi connectivity index (χ1) is 11.8. The average molecular weight is 326 g/mol. The molecule has 1 aliphatic rings. The summed E-state index contributed by atoms with van der Waals surface area (Å²) in [5.74, 6) is 0.664. The van der Waals surface area contributed by atoms with E-state index in [2.05, 4.69) is 10.3 Å². The highest BCUT2D eigenvalue weighted by atomic mass is 16.5. The van der Waals surface area contributed by atoms with Crippen LogP contribution in [0.5, 0.6) is 5.75 Å². The Morgan fingerprint density at radius 1 is 1.33 bits per heavy atom. The zero-order valence-corrected chi connectivity index (χ0v) is 13.8. The zero-order valence-electron chi connectivity index (χ0n) is 13.8. The molecule has 2 heterocycles. The lowest BCUT2D eigenvalue weighted by molar-refractivity contribution is 0.0169. The molecular weight excluding hydrogens is 304 g/mol. The van der Waals surface area contributed by atoms with Gasteiger partial charge in [0.15, 0.2) is 0 Å². The minimum atomic E-state index is -0.117. The number of rotatable bonds is 5. The number of hydrogen-bond donors (Lipinski definition) is 1. The molecule has 3 rings (SSSR count). The van der Waals surface area contributed by atoms with E-state index in [-0.39, 0.29) is 12.0 Å². The zero-order chi connectivity index (χ0) is 16.8. The van der Waals surface area contributed by atoms with Gasteiger partial charge >= 0.3 is 0 Å². The summed E-state index contributed by atoms with van der Waals surface area (Å²) in [5, 5.41) is 2.92. The van der Waals surface area contributed by atoms with Crippen molar-refractivity contribution in [3.8, 4) is 17.0 Å². The summed E-state index contributed by atoms with van der Waals surface area (Å²) in [5.41, 5.74) is 2.32. The molecular formula is C19H22N2O3. The van der Waals surface area contributed by atoms with Crippen LogP contribution < -0.4 is 10.1 Å². The van der Waals surface area contributed by atoms with Crippen molar-refractivity contribution < 1.29 is 14.3 Å². The van der Waals surface area contributed by atoms with E-state index in [9.17, 15) is 4.79 Å². The van der Waals surface area contributed by atoms with Gasteiger partial charge in [0.1, 0.15) is 5.75 Å². The van der Waals surface area contributed by atoms with Crippen molar-refractivity contribution in [1.82, 2.24) is 10.3 Å². The number of ether oxygens (including phenoxy) is 2. The van der Waals surface area contributed by atoms with Crippen LogP contribution in [-0.2, 0) is 4.74 Å². The molecule has 0 aliphatic carbocycles. The molecule has 1 aliphatic heterocycles.